The van der Waals surface area contributed by atoms with E-state index in [1.165, 1.54) is 0 Å². The van der Waals surface area contributed by atoms with Gasteiger partial charge in [0.05, 0.1) is 0 Å². The summed E-state index contributed by atoms with van der Waals surface area (Å²) in [5, 5.41) is 8.78. The molecule has 0 spiro atoms. The van der Waals surface area contributed by atoms with Gasteiger partial charge >= 0.3 is 114 Å². The molecule has 4 nitrogen and oxygen atoms in total. The number of rotatable bonds is 1. The average Bonchev–Trinajstić information content (AvgIpc) is 3.03. The normalized spacial score (nSPS) is 11.4. The van der Waals surface area contributed by atoms with Crippen LogP contribution in [0.15, 0.2) is 53.5 Å². The molecular weight excluding hydrogens is 305 g/mol. The molecule has 1 N–H and O–H groups in total. The molecule has 0 aliphatic rings. The van der Waals surface area contributed by atoms with Crippen LogP contribution in [0.5, 0.6) is 0 Å². The SMILES string of the molecule is O=c1c2ccccc2[se]n1-c1ccc2[nH]ncc2c1. The maximum absolute atomic E-state index is 12.4. The third-order valence-corrected chi connectivity index (χ3v) is 5.48. The van der Waals surface area contributed by atoms with Crippen molar-refractivity contribution >= 4 is 35.3 Å². The van der Waals surface area contributed by atoms with Gasteiger partial charge in [-0.15, -0.1) is 0 Å². The van der Waals surface area contributed by atoms with Crippen LogP contribution in [0.3, 0.4) is 0 Å². The molecule has 0 amide bonds. The third-order valence-electron chi connectivity index (χ3n) is 3.15. The first-order valence-corrected chi connectivity index (χ1v) is 7.50. The van der Waals surface area contributed by atoms with E-state index in [2.05, 4.69) is 10.2 Å². The molecule has 0 aliphatic heterocycles. The monoisotopic (exact) mass is 315 g/mol. The van der Waals surface area contributed by atoms with Gasteiger partial charge in [-0.05, 0) is 0 Å². The summed E-state index contributed by atoms with van der Waals surface area (Å²) in [6, 6.07) is 13.8. The molecule has 0 atom stereocenters. The minimum atomic E-state index is 0.0189. The number of benzene rings is 2. The second-order valence-electron chi connectivity index (χ2n) is 4.33. The van der Waals surface area contributed by atoms with Crippen LogP contribution in [-0.4, -0.2) is 28.5 Å². The molecule has 5 heteroatoms. The second kappa shape index (κ2) is 3.95. The summed E-state index contributed by atoms with van der Waals surface area (Å²) >= 11 is 0.0189. The van der Waals surface area contributed by atoms with E-state index in [9.17, 15) is 4.79 Å². The zero-order valence-corrected chi connectivity index (χ0v) is 11.5. The van der Waals surface area contributed by atoms with Gasteiger partial charge in [-0.3, -0.25) is 0 Å². The fraction of sp³-hybridized carbons (Fsp3) is 0. The van der Waals surface area contributed by atoms with Crippen molar-refractivity contribution in [3.63, 3.8) is 0 Å². The van der Waals surface area contributed by atoms with Crippen molar-refractivity contribution in [3.8, 4) is 5.69 Å². The summed E-state index contributed by atoms with van der Waals surface area (Å²) in [7, 11) is 0. The number of hydrogen-bond donors (Lipinski definition) is 1. The summed E-state index contributed by atoms with van der Waals surface area (Å²) in [5.41, 5.74) is 2.02. The third kappa shape index (κ3) is 1.59. The van der Waals surface area contributed by atoms with Gasteiger partial charge in [0.2, 0.25) is 0 Å². The zero-order valence-electron chi connectivity index (χ0n) is 9.83. The van der Waals surface area contributed by atoms with Gasteiger partial charge in [-0.25, -0.2) is 0 Å². The van der Waals surface area contributed by atoms with Gasteiger partial charge in [0.25, 0.3) is 0 Å². The van der Waals surface area contributed by atoms with Crippen molar-refractivity contribution in [1.82, 2.24) is 13.8 Å². The van der Waals surface area contributed by atoms with E-state index < -0.39 is 0 Å². The van der Waals surface area contributed by atoms with Gasteiger partial charge in [-0.1, -0.05) is 0 Å². The van der Waals surface area contributed by atoms with Crippen molar-refractivity contribution in [2.45, 2.75) is 0 Å². The van der Waals surface area contributed by atoms with Crippen LogP contribution in [0.2, 0.25) is 0 Å². The van der Waals surface area contributed by atoms with Crippen molar-refractivity contribution in [3.05, 3.63) is 59.0 Å². The van der Waals surface area contributed by atoms with Gasteiger partial charge in [-0.2, -0.15) is 0 Å². The summed E-state index contributed by atoms with van der Waals surface area (Å²) < 4.78 is 3.01. The Morgan fingerprint density at radius 3 is 2.95 bits per heavy atom. The first-order valence-electron chi connectivity index (χ1n) is 5.87. The van der Waals surface area contributed by atoms with Crippen molar-refractivity contribution < 1.29 is 0 Å². The van der Waals surface area contributed by atoms with Gasteiger partial charge in [0, 0.05) is 0 Å². The Labute approximate surface area is 114 Å². The van der Waals surface area contributed by atoms with Crippen LogP contribution in [0.25, 0.3) is 26.2 Å². The van der Waals surface area contributed by atoms with Gasteiger partial charge < -0.3 is 0 Å². The molecule has 0 radical (unpaired) electrons. The predicted molar refractivity (Wildman–Crippen MR) is 76.1 cm³/mol. The molecule has 0 saturated heterocycles. The van der Waals surface area contributed by atoms with E-state index in [1.54, 1.807) is 6.20 Å². The molecule has 2 aromatic heterocycles. The van der Waals surface area contributed by atoms with Gasteiger partial charge in [0.1, 0.15) is 0 Å². The summed E-state index contributed by atoms with van der Waals surface area (Å²) in [6.07, 6.45) is 1.78. The molecule has 0 aliphatic carbocycles. The van der Waals surface area contributed by atoms with Gasteiger partial charge in [0.15, 0.2) is 0 Å². The fourth-order valence-electron chi connectivity index (χ4n) is 2.20. The Morgan fingerprint density at radius 1 is 1.16 bits per heavy atom. The van der Waals surface area contributed by atoms with Crippen LogP contribution >= 0.6 is 0 Å². The molecule has 2 heterocycles. The molecule has 4 aromatic rings. The van der Waals surface area contributed by atoms with Crippen molar-refractivity contribution in [1.29, 1.82) is 0 Å². The van der Waals surface area contributed by atoms with Crippen LogP contribution in [0.1, 0.15) is 0 Å². The van der Waals surface area contributed by atoms with E-state index in [1.807, 2.05) is 46.0 Å². The molecule has 0 saturated carbocycles. The van der Waals surface area contributed by atoms with Crippen LogP contribution < -0.4 is 5.56 Å². The quantitative estimate of drug-likeness (QED) is 0.546. The standard InChI is InChI=1S/C14H9N3OSe/c18-14-11-3-1-2-4-13(11)19-17(14)10-5-6-12-9(7-10)8-15-16-12/h1-8H,(H,15,16). The Kier molecular flexibility index (Phi) is 2.24. The molecule has 0 fully saturated rings. The molecule has 2 aromatic carbocycles. The predicted octanol–water partition coefficient (Wildman–Crippen LogP) is 1.92. The first kappa shape index (κ1) is 10.8. The number of nitrogens with zero attached hydrogens (tertiary/aromatic N) is 2. The maximum atomic E-state index is 12.4. The average molecular weight is 314 g/mol. The summed E-state index contributed by atoms with van der Waals surface area (Å²) in [6.45, 7) is 0. The summed E-state index contributed by atoms with van der Waals surface area (Å²) in [5.74, 6) is 0. The number of aromatic nitrogens is 3. The molecule has 0 unspecified atom stereocenters. The molecule has 0 bridgehead atoms. The van der Waals surface area contributed by atoms with Crippen molar-refractivity contribution in [2.75, 3.05) is 0 Å². The zero-order chi connectivity index (χ0) is 12.8. The number of fused-ring (bicyclic) bond motifs is 2. The topological polar surface area (TPSA) is 50.7 Å². The van der Waals surface area contributed by atoms with Crippen molar-refractivity contribution in [2.24, 2.45) is 0 Å². The molecule has 4 rings (SSSR count). The summed E-state index contributed by atoms with van der Waals surface area (Å²) in [4.78, 5) is 12.4. The van der Waals surface area contributed by atoms with E-state index in [-0.39, 0.29) is 20.3 Å². The number of nitrogens with one attached hydrogen (secondary N) is 1. The Hall–Kier alpha value is -2.10. The van der Waals surface area contributed by atoms with E-state index >= 15 is 0 Å². The number of hydrogen-bond acceptors (Lipinski definition) is 2. The second-order valence-corrected chi connectivity index (χ2v) is 6.40. The molecule has 19 heavy (non-hydrogen) atoms. The first-order chi connectivity index (χ1) is 9.33. The van der Waals surface area contributed by atoms with E-state index in [0.29, 0.717) is 0 Å². The Morgan fingerprint density at radius 2 is 2.05 bits per heavy atom. The van der Waals surface area contributed by atoms with E-state index in [4.69, 9.17) is 0 Å². The molecule has 92 valence electrons. The number of aromatic amines is 1. The van der Waals surface area contributed by atoms with Crippen LogP contribution in [0, 0.1) is 0 Å². The van der Waals surface area contributed by atoms with Crippen LogP contribution in [0.4, 0.5) is 0 Å². The van der Waals surface area contributed by atoms with Crippen LogP contribution in [-0.2, 0) is 0 Å². The Bertz CT molecular complexity index is 948. The Balaban J connectivity index is 2.03. The number of H-pyrrole nitrogens is 1. The fourth-order valence-corrected chi connectivity index (χ4v) is 4.28. The molecular formula is C14H9N3OSe. The van der Waals surface area contributed by atoms with E-state index in [0.717, 1.165) is 26.2 Å². The minimum absolute atomic E-state index is 0.0189.